The molecule has 0 radical (unpaired) electrons. The van der Waals surface area contributed by atoms with Crippen LogP contribution in [-0.2, 0) is 30.2 Å². The van der Waals surface area contributed by atoms with Crippen LogP contribution in [0.15, 0.2) is 53.5 Å². The van der Waals surface area contributed by atoms with E-state index in [0.717, 1.165) is 5.56 Å². The van der Waals surface area contributed by atoms with Crippen LogP contribution in [0.25, 0.3) is 0 Å². The Hall–Kier alpha value is -5.14. The van der Waals surface area contributed by atoms with Gasteiger partial charge >= 0.3 is 24.2 Å². The van der Waals surface area contributed by atoms with E-state index in [-0.39, 0.29) is 30.6 Å². The number of rotatable bonds is 8. The molecule has 0 bridgehead atoms. The van der Waals surface area contributed by atoms with E-state index < -0.39 is 41.4 Å². The number of ether oxygens (including phenoxy) is 3. The number of nitrogens with zero attached hydrogens (tertiary/aromatic N) is 1. The van der Waals surface area contributed by atoms with E-state index in [2.05, 4.69) is 31.6 Å². The van der Waals surface area contributed by atoms with Crippen LogP contribution in [0.1, 0.15) is 61.0 Å². The zero-order chi connectivity index (χ0) is 33.8. The second-order valence-corrected chi connectivity index (χ2v) is 11.7. The monoisotopic (exact) mass is 626 g/mol. The third-order valence-electron chi connectivity index (χ3n) is 5.18. The van der Waals surface area contributed by atoms with Crippen molar-refractivity contribution in [2.75, 3.05) is 17.2 Å². The number of hydrogen-bond acceptors (Lipinski definition) is 9. The summed E-state index contributed by atoms with van der Waals surface area (Å²) in [4.78, 5) is 65.4. The summed E-state index contributed by atoms with van der Waals surface area (Å²) in [6, 6.07) is 11.7. The molecule has 14 nitrogen and oxygen atoms in total. The first-order valence-corrected chi connectivity index (χ1v) is 14.2. The predicted molar refractivity (Wildman–Crippen MR) is 169 cm³/mol. The third-order valence-corrected chi connectivity index (χ3v) is 5.18. The van der Waals surface area contributed by atoms with Gasteiger partial charge in [-0.15, -0.1) is 0 Å². The minimum atomic E-state index is -0.844. The van der Waals surface area contributed by atoms with Crippen LogP contribution in [0.4, 0.5) is 31.4 Å². The molecule has 14 heteroatoms. The average molecular weight is 627 g/mol. The van der Waals surface area contributed by atoms with Crippen LogP contribution < -0.4 is 26.6 Å². The number of alkyl carbamates (subject to hydrolysis) is 2. The van der Waals surface area contributed by atoms with Gasteiger partial charge in [0.15, 0.2) is 0 Å². The van der Waals surface area contributed by atoms with Gasteiger partial charge in [-0.1, -0.05) is 18.2 Å². The second-order valence-electron chi connectivity index (χ2n) is 11.7. The lowest BCUT2D eigenvalue weighted by Gasteiger charge is -2.22. The summed E-state index contributed by atoms with van der Waals surface area (Å²) in [5, 5.41) is 12.8. The average Bonchev–Trinajstić information content (AvgIpc) is 2.87. The standard InChI is InChI=1S/C31H42N6O8/c1-9-43-25(39)24(32-19(2)38)17-20-13-15-21(16-14-20)34-27(40)35-23-12-10-11-22(18-23)33-26(36-28(41)44-30(3,4)5)37-29(42)45-31(6,7)8/h10-16,18,24H,9,17H2,1-8H3,(H,32,38)(H2,34,35,40)(H2,33,36,37,41,42). The molecule has 0 aliphatic heterocycles. The van der Waals surface area contributed by atoms with Crippen LogP contribution in [0.5, 0.6) is 0 Å². The number of benzene rings is 2. The molecule has 2 rings (SSSR count). The van der Waals surface area contributed by atoms with Crippen LogP contribution in [0, 0.1) is 0 Å². The van der Waals surface area contributed by atoms with Crippen molar-refractivity contribution < 1.29 is 38.2 Å². The molecule has 1 atom stereocenters. The predicted octanol–water partition coefficient (Wildman–Crippen LogP) is 4.98. The maximum atomic E-state index is 12.7. The molecule has 0 aliphatic rings. The quantitative estimate of drug-likeness (QED) is 0.118. The van der Waals surface area contributed by atoms with Crippen molar-refractivity contribution in [2.24, 2.45) is 4.99 Å². The lowest BCUT2D eigenvalue weighted by molar-refractivity contribution is -0.147. The number of amides is 5. The molecule has 45 heavy (non-hydrogen) atoms. The summed E-state index contributed by atoms with van der Waals surface area (Å²) >= 11 is 0. The Kier molecular flexibility index (Phi) is 12.9. The Morgan fingerprint density at radius 3 is 1.87 bits per heavy atom. The first kappa shape index (κ1) is 36.1. The van der Waals surface area contributed by atoms with Crippen molar-refractivity contribution in [1.29, 1.82) is 0 Å². The van der Waals surface area contributed by atoms with E-state index in [1.807, 2.05) is 0 Å². The summed E-state index contributed by atoms with van der Waals surface area (Å²) in [6.45, 7) is 13.3. The van der Waals surface area contributed by atoms with E-state index in [4.69, 9.17) is 14.2 Å². The molecule has 0 spiro atoms. The first-order chi connectivity index (χ1) is 20.9. The fourth-order valence-electron chi connectivity index (χ4n) is 3.60. The van der Waals surface area contributed by atoms with Gasteiger partial charge in [0.2, 0.25) is 11.9 Å². The van der Waals surface area contributed by atoms with Gasteiger partial charge in [-0.05, 0) is 84.4 Å². The SMILES string of the molecule is CCOC(=O)C(Cc1ccc(NC(=O)Nc2cccc(N=C(NC(=O)OC(C)(C)C)NC(=O)OC(C)(C)C)c2)cc1)NC(C)=O. The molecule has 244 valence electrons. The molecule has 2 aromatic rings. The number of aliphatic imine (C=N–C) groups is 1. The normalized spacial score (nSPS) is 11.6. The lowest BCUT2D eigenvalue weighted by Crippen LogP contribution is -2.47. The van der Waals surface area contributed by atoms with E-state index >= 15 is 0 Å². The van der Waals surface area contributed by atoms with Gasteiger partial charge in [-0.3, -0.25) is 15.4 Å². The number of carbonyl (C=O) groups excluding carboxylic acids is 5. The zero-order valence-electron chi connectivity index (χ0n) is 26.8. The van der Waals surface area contributed by atoms with Crippen molar-refractivity contribution in [2.45, 2.75) is 79.1 Å². The fraction of sp³-hybridized carbons (Fsp3) is 0.419. The number of carbonyl (C=O) groups is 5. The number of anilines is 2. The van der Waals surface area contributed by atoms with Gasteiger partial charge in [-0.25, -0.2) is 24.2 Å². The molecule has 0 saturated heterocycles. The third kappa shape index (κ3) is 14.7. The lowest BCUT2D eigenvalue weighted by atomic mass is 10.1. The first-order valence-electron chi connectivity index (χ1n) is 14.2. The topological polar surface area (TPSA) is 186 Å². The van der Waals surface area contributed by atoms with Crippen molar-refractivity contribution in [3.63, 3.8) is 0 Å². The summed E-state index contributed by atoms with van der Waals surface area (Å²) in [6.07, 6.45) is -1.47. The highest BCUT2D eigenvalue weighted by Crippen LogP contribution is 2.19. The number of nitrogens with one attached hydrogen (secondary N) is 5. The Morgan fingerprint density at radius 2 is 1.36 bits per heavy atom. The van der Waals surface area contributed by atoms with E-state index in [9.17, 15) is 24.0 Å². The molecular formula is C31H42N6O8. The summed E-state index contributed by atoms with van der Waals surface area (Å²) in [5.41, 5.74) is 0.283. The highest BCUT2D eigenvalue weighted by Gasteiger charge is 2.22. The largest absolute Gasteiger partial charge is 0.464 e. The van der Waals surface area contributed by atoms with E-state index in [1.165, 1.54) is 13.0 Å². The van der Waals surface area contributed by atoms with Gasteiger partial charge in [-0.2, -0.15) is 0 Å². The maximum Gasteiger partial charge on any atom is 0.414 e. The molecule has 0 aromatic heterocycles. The molecule has 2 aromatic carbocycles. The summed E-state index contributed by atoms with van der Waals surface area (Å²) in [5.74, 6) is -1.13. The molecule has 5 N–H and O–H groups in total. The van der Waals surface area contributed by atoms with Crippen LogP contribution in [0.3, 0.4) is 0 Å². The minimum Gasteiger partial charge on any atom is -0.464 e. The molecule has 0 heterocycles. The highest BCUT2D eigenvalue weighted by molar-refractivity contribution is 6.03. The Labute approximate surface area is 262 Å². The molecule has 0 aliphatic carbocycles. The minimum absolute atomic E-state index is 0.190. The number of esters is 1. The molecule has 0 fully saturated rings. The van der Waals surface area contributed by atoms with Gasteiger partial charge in [0, 0.05) is 24.7 Å². The van der Waals surface area contributed by atoms with Crippen LogP contribution in [0.2, 0.25) is 0 Å². The Balaban J connectivity index is 2.12. The Bertz CT molecular complexity index is 1360. The number of urea groups is 1. The molecule has 5 amide bonds. The maximum absolute atomic E-state index is 12.7. The number of hydrogen-bond donors (Lipinski definition) is 5. The van der Waals surface area contributed by atoms with Crippen molar-refractivity contribution in [1.82, 2.24) is 16.0 Å². The van der Waals surface area contributed by atoms with Crippen LogP contribution >= 0.6 is 0 Å². The summed E-state index contributed by atoms with van der Waals surface area (Å²) in [7, 11) is 0. The zero-order valence-corrected chi connectivity index (χ0v) is 26.8. The van der Waals surface area contributed by atoms with Gasteiger partial charge in [0.05, 0.1) is 12.3 Å². The fourth-order valence-corrected chi connectivity index (χ4v) is 3.60. The Morgan fingerprint density at radius 1 is 0.800 bits per heavy atom. The van der Waals surface area contributed by atoms with Gasteiger partial charge < -0.3 is 30.2 Å². The second kappa shape index (κ2) is 16.1. The van der Waals surface area contributed by atoms with E-state index in [0.29, 0.717) is 11.4 Å². The smallest absolute Gasteiger partial charge is 0.414 e. The van der Waals surface area contributed by atoms with E-state index in [1.54, 1.807) is 90.9 Å². The number of guanidine groups is 1. The van der Waals surface area contributed by atoms with Crippen molar-refractivity contribution in [3.8, 4) is 0 Å². The molecular weight excluding hydrogens is 584 g/mol. The molecule has 0 saturated carbocycles. The van der Waals surface area contributed by atoms with Crippen molar-refractivity contribution in [3.05, 3.63) is 54.1 Å². The summed E-state index contributed by atoms with van der Waals surface area (Å²) < 4.78 is 15.5. The van der Waals surface area contributed by atoms with Gasteiger partial charge in [0.1, 0.15) is 17.2 Å². The van der Waals surface area contributed by atoms with Crippen LogP contribution in [-0.4, -0.2) is 59.9 Å². The van der Waals surface area contributed by atoms with Crippen molar-refractivity contribution >= 4 is 53.1 Å². The molecule has 1 unspecified atom stereocenters. The highest BCUT2D eigenvalue weighted by atomic mass is 16.6. The van der Waals surface area contributed by atoms with Gasteiger partial charge in [0.25, 0.3) is 0 Å².